The fourth-order valence-corrected chi connectivity index (χ4v) is 5.29. The second kappa shape index (κ2) is 10.7. The summed E-state index contributed by atoms with van der Waals surface area (Å²) in [5.74, 6) is 1.93. The number of ether oxygens (including phenoxy) is 2. The van der Waals surface area contributed by atoms with Gasteiger partial charge in [0, 0.05) is 32.6 Å². The van der Waals surface area contributed by atoms with Gasteiger partial charge < -0.3 is 19.7 Å². The molecule has 0 radical (unpaired) electrons. The fraction of sp³-hybridized carbons (Fsp3) is 0.615. The van der Waals surface area contributed by atoms with Gasteiger partial charge in [0.25, 0.3) is 5.91 Å². The van der Waals surface area contributed by atoms with Crippen LogP contribution in [0.5, 0.6) is 5.75 Å². The van der Waals surface area contributed by atoms with Crippen LogP contribution in [0.15, 0.2) is 36.4 Å². The van der Waals surface area contributed by atoms with E-state index in [9.17, 15) is 9.59 Å². The third kappa shape index (κ3) is 5.95. The maximum absolute atomic E-state index is 13.2. The number of carbonyl (C=O) groups excluding carboxylic acids is 2. The number of piperidine rings is 1. The normalized spacial score (nSPS) is 30.4. The van der Waals surface area contributed by atoms with Crippen LogP contribution < -0.4 is 10.1 Å². The van der Waals surface area contributed by atoms with E-state index in [1.807, 2.05) is 29.2 Å². The average Bonchev–Trinajstić information content (AvgIpc) is 2.79. The van der Waals surface area contributed by atoms with Gasteiger partial charge in [0.15, 0.2) is 5.60 Å². The van der Waals surface area contributed by atoms with E-state index in [1.165, 1.54) is 6.42 Å². The zero-order valence-electron chi connectivity index (χ0n) is 19.9. The van der Waals surface area contributed by atoms with Crippen molar-refractivity contribution in [3.05, 3.63) is 42.0 Å². The summed E-state index contributed by atoms with van der Waals surface area (Å²) in [6.45, 7) is 8.70. The molecule has 1 aromatic rings. The van der Waals surface area contributed by atoms with Gasteiger partial charge in [0.2, 0.25) is 5.91 Å². The Labute approximate surface area is 197 Å². The van der Waals surface area contributed by atoms with Gasteiger partial charge in [-0.25, -0.2) is 0 Å². The van der Waals surface area contributed by atoms with Crippen LogP contribution in [0.3, 0.4) is 0 Å². The summed E-state index contributed by atoms with van der Waals surface area (Å²) in [5.41, 5.74) is 0.132. The van der Waals surface area contributed by atoms with E-state index >= 15 is 0 Å². The van der Waals surface area contributed by atoms with E-state index in [0.717, 1.165) is 30.8 Å². The zero-order valence-corrected chi connectivity index (χ0v) is 19.9. The van der Waals surface area contributed by atoms with Crippen molar-refractivity contribution in [2.24, 2.45) is 11.8 Å². The van der Waals surface area contributed by atoms with Crippen molar-refractivity contribution in [2.45, 2.75) is 38.7 Å². The lowest BCUT2D eigenvalue weighted by molar-refractivity contribution is -0.162. The number of para-hydroxylation sites is 1. The molecule has 1 spiro atoms. The molecule has 33 heavy (non-hydrogen) atoms. The number of allylic oxidation sites excluding steroid dienone is 1. The van der Waals surface area contributed by atoms with Gasteiger partial charge in [-0.2, -0.15) is 0 Å². The molecule has 0 bridgehead atoms. The van der Waals surface area contributed by atoms with Gasteiger partial charge in [-0.15, -0.1) is 0 Å². The van der Waals surface area contributed by atoms with Crippen LogP contribution in [0, 0.1) is 11.8 Å². The number of carbonyl (C=O) groups is 2. The Hall–Kier alpha value is -2.38. The minimum absolute atomic E-state index is 0.137. The lowest BCUT2D eigenvalue weighted by Crippen LogP contribution is -2.61. The number of amides is 2. The van der Waals surface area contributed by atoms with Crippen LogP contribution in [-0.4, -0.2) is 79.7 Å². The second-order valence-corrected chi connectivity index (χ2v) is 9.89. The highest BCUT2D eigenvalue weighted by atomic mass is 16.5. The van der Waals surface area contributed by atoms with E-state index in [-0.39, 0.29) is 11.8 Å². The lowest BCUT2D eigenvalue weighted by Gasteiger charge is -2.42. The topological polar surface area (TPSA) is 71.1 Å². The first-order valence-electron chi connectivity index (χ1n) is 12.2. The van der Waals surface area contributed by atoms with E-state index < -0.39 is 5.60 Å². The first-order chi connectivity index (χ1) is 15.9. The largest absolute Gasteiger partial charge is 0.491 e. The van der Waals surface area contributed by atoms with Crippen molar-refractivity contribution in [1.82, 2.24) is 15.1 Å². The van der Waals surface area contributed by atoms with Crippen LogP contribution in [0.25, 0.3) is 0 Å². The molecule has 2 saturated heterocycles. The van der Waals surface area contributed by atoms with Gasteiger partial charge >= 0.3 is 0 Å². The van der Waals surface area contributed by atoms with Crippen molar-refractivity contribution < 1.29 is 19.1 Å². The maximum atomic E-state index is 13.2. The Morgan fingerprint density at radius 1 is 1.15 bits per heavy atom. The minimum Gasteiger partial charge on any atom is -0.491 e. The van der Waals surface area contributed by atoms with Crippen LogP contribution in [0.2, 0.25) is 0 Å². The highest BCUT2D eigenvalue weighted by Gasteiger charge is 2.43. The molecule has 4 rings (SSSR count). The molecular weight excluding hydrogens is 418 g/mol. The number of benzene rings is 1. The Kier molecular flexibility index (Phi) is 7.71. The second-order valence-electron chi connectivity index (χ2n) is 9.89. The van der Waals surface area contributed by atoms with Gasteiger partial charge in [-0.05, 0) is 36.3 Å². The summed E-state index contributed by atoms with van der Waals surface area (Å²) >= 11 is 0. The molecule has 7 nitrogen and oxygen atoms in total. The number of rotatable bonds is 2. The van der Waals surface area contributed by atoms with Gasteiger partial charge in [0.05, 0.1) is 19.7 Å². The highest BCUT2D eigenvalue weighted by molar-refractivity contribution is 5.86. The summed E-state index contributed by atoms with van der Waals surface area (Å²) < 4.78 is 12.0. The van der Waals surface area contributed by atoms with Crippen molar-refractivity contribution >= 4 is 11.8 Å². The number of fused-ring (bicyclic) bond motifs is 1. The SMILES string of the molecule is CC1CC(C)CN(C(=O)CN2CCOC3(C/C=C/Cc4ccccc4OCCNC3=O)C2)C1. The van der Waals surface area contributed by atoms with Crippen LogP contribution in [-0.2, 0) is 20.7 Å². The molecule has 3 unspecified atom stereocenters. The third-order valence-electron chi connectivity index (χ3n) is 6.83. The number of hydrogen-bond donors (Lipinski definition) is 1. The first-order valence-corrected chi connectivity index (χ1v) is 12.2. The van der Waals surface area contributed by atoms with Crippen LogP contribution in [0.1, 0.15) is 32.3 Å². The smallest absolute Gasteiger partial charge is 0.254 e. The maximum Gasteiger partial charge on any atom is 0.254 e. The molecule has 0 saturated carbocycles. The van der Waals surface area contributed by atoms with Crippen molar-refractivity contribution in [3.63, 3.8) is 0 Å². The predicted molar refractivity (Wildman–Crippen MR) is 127 cm³/mol. The first kappa shape index (κ1) is 23.8. The molecule has 0 aliphatic carbocycles. The highest BCUT2D eigenvalue weighted by Crippen LogP contribution is 2.26. The number of likely N-dealkylation sites (tertiary alicyclic amines) is 1. The van der Waals surface area contributed by atoms with Crippen molar-refractivity contribution in [3.8, 4) is 5.75 Å². The molecule has 2 fully saturated rings. The summed E-state index contributed by atoms with van der Waals surface area (Å²) in [4.78, 5) is 30.4. The fourth-order valence-electron chi connectivity index (χ4n) is 5.29. The summed E-state index contributed by atoms with van der Waals surface area (Å²) in [5, 5.41) is 3.00. The Morgan fingerprint density at radius 2 is 1.94 bits per heavy atom. The van der Waals surface area contributed by atoms with E-state index in [1.54, 1.807) is 0 Å². The molecule has 3 aliphatic heterocycles. The Balaban J connectivity index is 1.44. The van der Waals surface area contributed by atoms with E-state index in [0.29, 0.717) is 57.6 Å². The molecule has 1 aromatic carbocycles. The van der Waals surface area contributed by atoms with Crippen LogP contribution in [0.4, 0.5) is 0 Å². The van der Waals surface area contributed by atoms with Crippen molar-refractivity contribution in [1.29, 1.82) is 0 Å². The minimum atomic E-state index is -0.990. The number of hydrogen-bond acceptors (Lipinski definition) is 5. The van der Waals surface area contributed by atoms with Crippen molar-refractivity contribution in [2.75, 3.05) is 52.5 Å². The molecule has 180 valence electrons. The van der Waals surface area contributed by atoms with Gasteiger partial charge in [0.1, 0.15) is 12.4 Å². The monoisotopic (exact) mass is 455 g/mol. The summed E-state index contributed by atoms with van der Waals surface area (Å²) in [6.07, 6.45) is 6.48. The molecule has 3 heterocycles. The quantitative estimate of drug-likeness (QED) is 0.693. The summed E-state index contributed by atoms with van der Waals surface area (Å²) in [6, 6.07) is 7.99. The molecule has 3 atom stereocenters. The summed E-state index contributed by atoms with van der Waals surface area (Å²) in [7, 11) is 0. The standard InChI is InChI=1S/C26H37N3O4/c1-20-15-21(2)17-29(16-20)24(30)18-28-12-14-33-26(19-28)10-6-5-8-22-7-3-4-9-23(22)32-13-11-27-25(26)31/h3-7,9,20-21H,8,10-19H2,1-2H3,(H,27,31)/b6-5+. The van der Waals surface area contributed by atoms with Gasteiger partial charge in [-0.3, -0.25) is 14.5 Å². The molecular formula is C26H37N3O4. The van der Waals surface area contributed by atoms with Crippen LogP contribution >= 0.6 is 0 Å². The van der Waals surface area contributed by atoms with E-state index in [2.05, 4.69) is 36.2 Å². The molecule has 0 aromatic heterocycles. The third-order valence-corrected chi connectivity index (χ3v) is 6.83. The van der Waals surface area contributed by atoms with E-state index in [4.69, 9.17) is 9.47 Å². The number of nitrogens with one attached hydrogen (secondary N) is 1. The lowest BCUT2D eigenvalue weighted by atomic mass is 9.91. The molecule has 1 N–H and O–H groups in total. The Morgan fingerprint density at radius 3 is 2.76 bits per heavy atom. The zero-order chi connectivity index (χ0) is 23.3. The Bertz CT molecular complexity index is 863. The predicted octanol–water partition coefficient (Wildman–Crippen LogP) is 2.26. The molecule has 3 aliphatic rings. The number of nitrogens with zero attached hydrogens (tertiary/aromatic N) is 2. The molecule has 7 heteroatoms. The molecule has 2 amide bonds. The number of morpholine rings is 1. The average molecular weight is 456 g/mol. The van der Waals surface area contributed by atoms with Gasteiger partial charge in [-0.1, -0.05) is 44.2 Å².